The summed E-state index contributed by atoms with van der Waals surface area (Å²) in [5.41, 5.74) is 5.35. The number of nitrogens with one attached hydrogen (secondary N) is 1. The van der Waals surface area contributed by atoms with E-state index in [1.165, 1.54) is 12.2 Å². The van der Waals surface area contributed by atoms with Crippen LogP contribution in [0.25, 0.3) is 0 Å². The van der Waals surface area contributed by atoms with Gasteiger partial charge in [0.25, 0.3) is 11.8 Å². The van der Waals surface area contributed by atoms with E-state index in [2.05, 4.69) is 5.32 Å². The Balaban J connectivity index is 1.82. The summed E-state index contributed by atoms with van der Waals surface area (Å²) >= 11 is 0. The molecule has 0 aromatic heterocycles. The fourth-order valence-corrected chi connectivity index (χ4v) is 2.27. The molecule has 0 aliphatic carbocycles. The highest BCUT2D eigenvalue weighted by Gasteiger charge is 2.22. The number of ether oxygens (including phenoxy) is 3. The Kier molecular flexibility index (Phi) is 13.1. The normalized spacial score (nSPS) is 13.6. The molecule has 0 saturated heterocycles. The van der Waals surface area contributed by atoms with Gasteiger partial charge in [0.1, 0.15) is 0 Å². The van der Waals surface area contributed by atoms with Crippen molar-refractivity contribution >= 4 is 17.7 Å². The van der Waals surface area contributed by atoms with Crippen LogP contribution in [0, 0.1) is 0 Å². The fourth-order valence-electron chi connectivity index (χ4n) is 2.27. The predicted octanol–water partition coefficient (Wildman–Crippen LogP) is -0.403. The van der Waals surface area contributed by atoms with Crippen molar-refractivity contribution in [3.63, 3.8) is 0 Å². The zero-order valence-electron chi connectivity index (χ0n) is 15.8. The first kappa shape index (κ1) is 23.2. The second-order valence-corrected chi connectivity index (χ2v) is 5.95. The van der Waals surface area contributed by atoms with Gasteiger partial charge in [0.15, 0.2) is 0 Å². The predicted molar refractivity (Wildman–Crippen MR) is 98.8 cm³/mol. The molecule has 1 aliphatic heterocycles. The van der Waals surface area contributed by atoms with Crippen LogP contribution in [0.4, 0.5) is 0 Å². The molecule has 3 amide bonds. The van der Waals surface area contributed by atoms with Gasteiger partial charge in [-0.05, 0) is 25.8 Å². The van der Waals surface area contributed by atoms with Crippen LogP contribution in [0.15, 0.2) is 12.2 Å². The number of nitrogens with zero attached hydrogens (tertiary/aromatic N) is 1. The molecule has 0 fully saturated rings. The summed E-state index contributed by atoms with van der Waals surface area (Å²) in [6.07, 6.45) is 4.78. The van der Waals surface area contributed by atoms with Crippen molar-refractivity contribution in [1.29, 1.82) is 0 Å². The molecular weight excluding hydrogens is 354 g/mol. The second kappa shape index (κ2) is 15.3. The Bertz CT molecular complexity index is 466. The fraction of sp³-hybridized carbons (Fsp3) is 0.722. The van der Waals surface area contributed by atoms with Gasteiger partial charge >= 0.3 is 0 Å². The summed E-state index contributed by atoms with van der Waals surface area (Å²) in [5, 5.41) is 2.79. The molecule has 0 atom stereocenters. The standard InChI is InChI=1S/C18H31N3O6/c19-7-2-10-25-12-14-27-15-13-26-11-3-8-20-16(22)4-1-9-21-17(23)5-6-18(21)24/h5-6H,1-4,7-15,19H2,(H,20,22). The van der Waals surface area contributed by atoms with Gasteiger partial charge in [-0.2, -0.15) is 0 Å². The quantitative estimate of drug-likeness (QED) is 0.258. The molecule has 154 valence electrons. The summed E-state index contributed by atoms with van der Waals surface area (Å²) in [7, 11) is 0. The van der Waals surface area contributed by atoms with Crippen molar-refractivity contribution in [2.75, 3.05) is 59.3 Å². The third-order valence-corrected chi connectivity index (χ3v) is 3.71. The van der Waals surface area contributed by atoms with Gasteiger partial charge in [0.2, 0.25) is 5.91 Å². The molecule has 0 aromatic rings. The van der Waals surface area contributed by atoms with Crippen molar-refractivity contribution in [3.05, 3.63) is 12.2 Å². The average Bonchev–Trinajstić information content (AvgIpc) is 2.97. The molecule has 1 rings (SSSR count). The Morgan fingerprint density at radius 2 is 1.44 bits per heavy atom. The lowest BCUT2D eigenvalue weighted by Crippen LogP contribution is -2.32. The number of carbonyl (C=O) groups excluding carboxylic acids is 3. The molecule has 0 saturated carbocycles. The van der Waals surface area contributed by atoms with Crippen LogP contribution in [-0.4, -0.2) is 81.9 Å². The van der Waals surface area contributed by atoms with Crippen molar-refractivity contribution in [2.45, 2.75) is 25.7 Å². The molecule has 0 radical (unpaired) electrons. The lowest BCUT2D eigenvalue weighted by Gasteiger charge is -2.13. The van der Waals surface area contributed by atoms with Gasteiger partial charge in [-0.15, -0.1) is 0 Å². The lowest BCUT2D eigenvalue weighted by atomic mass is 10.2. The smallest absolute Gasteiger partial charge is 0.253 e. The van der Waals surface area contributed by atoms with E-state index in [1.807, 2.05) is 0 Å². The molecule has 1 aliphatic rings. The van der Waals surface area contributed by atoms with E-state index in [-0.39, 0.29) is 30.7 Å². The van der Waals surface area contributed by atoms with E-state index in [0.717, 1.165) is 11.3 Å². The third kappa shape index (κ3) is 11.5. The molecule has 1 heterocycles. The Hall–Kier alpha value is -1.81. The first-order valence-corrected chi connectivity index (χ1v) is 9.38. The SMILES string of the molecule is NCCCOCCOCCOCCCNC(=O)CCCN1C(=O)C=CC1=O. The summed E-state index contributed by atoms with van der Waals surface area (Å²) in [6, 6.07) is 0. The molecule has 0 unspecified atom stereocenters. The van der Waals surface area contributed by atoms with Gasteiger partial charge in [0.05, 0.1) is 26.4 Å². The molecule has 0 aromatic carbocycles. The van der Waals surface area contributed by atoms with Gasteiger partial charge in [0, 0.05) is 44.9 Å². The zero-order chi connectivity index (χ0) is 19.7. The summed E-state index contributed by atoms with van der Waals surface area (Å²) in [4.78, 5) is 35.5. The maximum atomic E-state index is 11.7. The van der Waals surface area contributed by atoms with Crippen LogP contribution in [0.2, 0.25) is 0 Å². The first-order chi connectivity index (χ1) is 13.1. The van der Waals surface area contributed by atoms with E-state index in [0.29, 0.717) is 65.6 Å². The number of nitrogens with two attached hydrogens (primary N) is 1. The molecule has 9 heteroatoms. The Morgan fingerprint density at radius 1 is 0.889 bits per heavy atom. The number of amides is 3. The van der Waals surface area contributed by atoms with E-state index >= 15 is 0 Å². The number of carbonyl (C=O) groups is 3. The van der Waals surface area contributed by atoms with Crippen LogP contribution in [0.1, 0.15) is 25.7 Å². The van der Waals surface area contributed by atoms with Crippen molar-refractivity contribution < 1.29 is 28.6 Å². The summed E-state index contributed by atoms with van der Waals surface area (Å²) < 4.78 is 16.1. The van der Waals surface area contributed by atoms with Gasteiger partial charge < -0.3 is 25.3 Å². The average molecular weight is 385 g/mol. The van der Waals surface area contributed by atoms with Gasteiger partial charge in [-0.1, -0.05) is 0 Å². The van der Waals surface area contributed by atoms with E-state index in [4.69, 9.17) is 19.9 Å². The molecule has 27 heavy (non-hydrogen) atoms. The highest BCUT2D eigenvalue weighted by Crippen LogP contribution is 2.05. The van der Waals surface area contributed by atoms with Crippen molar-refractivity contribution in [3.8, 4) is 0 Å². The molecule has 9 nitrogen and oxygen atoms in total. The summed E-state index contributed by atoms with van der Waals surface area (Å²) in [5.74, 6) is -0.735. The zero-order valence-corrected chi connectivity index (χ0v) is 15.8. The molecule has 3 N–H and O–H groups in total. The second-order valence-electron chi connectivity index (χ2n) is 5.95. The minimum atomic E-state index is -0.319. The van der Waals surface area contributed by atoms with Crippen LogP contribution in [0.5, 0.6) is 0 Å². The van der Waals surface area contributed by atoms with Crippen LogP contribution >= 0.6 is 0 Å². The maximum absolute atomic E-state index is 11.7. The van der Waals surface area contributed by atoms with Crippen LogP contribution in [-0.2, 0) is 28.6 Å². The summed E-state index contributed by atoms with van der Waals surface area (Å²) in [6.45, 7) is 4.73. The maximum Gasteiger partial charge on any atom is 0.253 e. The highest BCUT2D eigenvalue weighted by atomic mass is 16.5. The van der Waals surface area contributed by atoms with Gasteiger partial charge in [-0.25, -0.2) is 0 Å². The monoisotopic (exact) mass is 385 g/mol. The number of hydrogen-bond donors (Lipinski definition) is 2. The minimum absolute atomic E-state index is 0.0972. The first-order valence-electron chi connectivity index (χ1n) is 9.38. The molecule has 0 bridgehead atoms. The van der Waals surface area contributed by atoms with Crippen molar-refractivity contribution in [2.24, 2.45) is 5.73 Å². The number of imide groups is 1. The molecule has 0 spiro atoms. The largest absolute Gasteiger partial charge is 0.379 e. The minimum Gasteiger partial charge on any atom is -0.379 e. The van der Waals surface area contributed by atoms with Crippen LogP contribution in [0.3, 0.4) is 0 Å². The Morgan fingerprint density at radius 3 is 2.04 bits per heavy atom. The van der Waals surface area contributed by atoms with Crippen molar-refractivity contribution in [1.82, 2.24) is 10.2 Å². The van der Waals surface area contributed by atoms with E-state index < -0.39 is 0 Å². The third-order valence-electron chi connectivity index (χ3n) is 3.71. The number of hydrogen-bond acceptors (Lipinski definition) is 7. The van der Waals surface area contributed by atoms with Crippen LogP contribution < -0.4 is 11.1 Å². The number of rotatable bonds is 17. The van der Waals surface area contributed by atoms with E-state index in [1.54, 1.807) is 0 Å². The van der Waals surface area contributed by atoms with E-state index in [9.17, 15) is 14.4 Å². The highest BCUT2D eigenvalue weighted by molar-refractivity contribution is 6.12. The lowest BCUT2D eigenvalue weighted by molar-refractivity contribution is -0.137. The topological polar surface area (TPSA) is 120 Å². The Labute approximate surface area is 160 Å². The molecular formula is C18H31N3O6. The van der Waals surface area contributed by atoms with Gasteiger partial charge in [-0.3, -0.25) is 19.3 Å².